The van der Waals surface area contributed by atoms with Gasteiger partial charge in [0.05, 0.1) is 6.61 Å². The van der Waals surface area contributed by atoms with Gasteiger partial charge >= 0.3 is 5.95 Å². The standard InChI is InChI=1S/C9H15NO2/c1-4-11-9-8(5-7(2)3)10-6-12-9/h6-7H,4-5H2,1-3H3. The lowest BCUT2D eigenvalue weighted by Gasteiger charge is -2.03. The number of nitrogens with zero attached hydrogens (tertiary/aromatic N) is 1. The minimum Gasteiger partial charge on any atom is -0.464 e. The zero-order chi connectivity index (χ0) is 8.97. The van der Waals surface area contributed by atoms with Crippen LogP contribution >= 0.6 is 0 Å². The van der Waals surface area contributed by atoms with Crippen molar-refractivity contribution in [1.29, 1.82) is 0 Å². The quantitative estimate of drug-likeness (QED) is 0.693. The first-order valence-corrected chi connectivity index (χ1v) is 4.29. The monoisotopic (exact) mass is 169 g/mol. The first kappa shape index (κ1) is 9.10. The van der Waals surface area contributed by atoms with E-state index >= 15 is 0 Å². The van der Waals surface area contributed by atoms with E-state index in [1.165, 1.54) is 6.39 Å². The third kappa shape index (κ3) is 2.26. The van der Waals surface area contributed by atoms with E-state index in [1.54, 1.807) is 0 Å². The molecule has 0 radical (unpaired) electrons. The molecule has 12 heavy (non-hydrogen) atoms. The molecule has 1 heterocycles. The Morgan fingerprint density at radius 1 is 1.58 bits per heavy atom. The Kier molecular flexibility index (Phi) is 3.14. The lowest BCUT2D eigenvalue weighted by atomic mass is 10.1. The van der Waals surface area contributed by atoms with Crippen molar-refractivity contribution < 1.29 is 9.15 Å². The molecule has 68 valence electrons. The van der Waals surface area contributed by atoms with E-state index in [0.717, 1.165) is 12.1 Å². The molecule has 0 atom stereocenters. The molecule has 0 fully saturated rings. The Bertz CT molecular complexity index is 230. The summed E-state index contributed by atoms with van der Waals surface area (Å²) in [6.07, 6.45) is 2.34. The number of oxazole rings is 1. The van der Waals surface area contributed by atoms with Crippen molar-refractivity contribution >= 4 is 0 Å². The van der Waals surface area contributed by atoms with Crippen molar-refractivity contribution in [2.45, 2.75) is 27.2 Å². The topological polar surface area (TPSA) is 35.3 Å². The number of aromatic nitrogens is 1. The maximum atomic E-state index is 5.25. The van der Waals surface area contributed by atoms with Crippen LogP contribution < -0.4 is 4.74 Å². The van der Waals surface area contributed by atoms with Gasteiger partial charge in [0.15, 0.2) is 6.39 Å². The molecule has 0 aliphatic carbocycles. The Morgan fingerprint density at radius 2 is 2.33 bits per heavy atom. The van der Waals surface area contributed by atoms with Crippen molar-refractivity contribution in [2.75, 3.05) is 6.61 Å². The maximum Gasteiger partial charge on any atom is 0.308 e. The normalized spacial score (nSPS) is 10.7. The first-order chi connectivity index (χ1) is 5.74. The molecule has 0 aromatic carbocycles. The van der Waals surface area contributed by atoms with E-state index in [4.69, 9.17) is 9.15 Å². The molecule has 0 spiro atoms. The molecule has 0 aliphatic rings. The highest BCUT2D eigenvalue weighted by molar-refractivity contribution is 5.13. The summed E-state index contributed by atoms with van der Waals surface area (Å²) in [4.78, 5) is 4.08. The van der Waals surface area contributed by atoms with Gasteiger partial charge in [-0.05, 0) is 19.3 Å². The van der Waals surface area contributed by atoms with Gasteiger partial charge in [-0.15, -0.1) is 0 Å². The predicted octanol–water partition coefficient (Wildman–Crippen LogP) is 2.27. The highest BCUT2D eigenvalue weighted by atomic mass is 16.6. The number of rotatable bonds is 4. The average molecular weight is 169 g/mol. The molecule has 0 saturated carbocycles. The van der Waals surface area contributed by atoms with Crippen molar-refractivity contribution in [1.82, 2.24) is 4.98 Å². The third-order valence-electron chi connectivity index (χ3n) is 1.48. The van der Waals surface area contributed by atoms with Gasteiger partial charge in [-0.25, -0.2) is 4.98 Å². The van der Waals surface area contributed by atoms with Crippen LogP contribution in [0.25, 0.3) is 0 Å². The molecule has 0 amide bonds. The summed E-state index contributed by atoms with van der Waals surface area (Å²) in [5, 5.41) is 0. The third-order valence-corrected chi connectivity index (χ3v) is 1.48. The predicted molar refractivity (Wildman–Crippen MR) is 46.2 cm³/mol. The molecule has 0 saturated heterocycles. The highest BCUT2D eigenvalue weighted by Gasteiger charge is 2.10. The maximum absolute atomic E-state index is 5.25. The van der Waals surface area contributed by atoms with Crippen molar-refractivity contribution in [3.05, 3.63) is 12.1 Å². The fraction of sp³-hybridized carbons (Fsp3) is 0.667. The van der Waals surface area contributed by atoms with Gasteiger partial charge in [-0.2, -0.15) is 0 Å². The molecular formula is C9H15NO2. The van der Waals surface area contributed by atoms with Crippen LogP contribution in [0.5, 0.6) is 5.95 Å². The lowest BCUT2D eigenvalue weighted by Crippen LogP contribution is -1.98. The Labute approximate surface area is 72.7 Å². The van der Waals surface area contributed by atoms with Gasteiger partial charge < -0.3 is 9.15 Å². The van der Waals surface area contributed by atoms with Crippen LogP contribution in [0.1, 0.15) is 26.5 Å². The Hall–Kier alpha value is -0.990. The first-order valence-electron chi connectivity index (χ1n) is 4.29. The summed E-state index contributed by atoms with van der Waals surface area (Å²) in [5.41, 5.74) is 0.923. The largest absolute Gasteiger partial charge is 0.464 e. The number of ether oxygens (including phenoxy) is 1. The second-order valence-electron chi connectivity index (χ2n) is 3.12. The Balaban J connectivity index is 2.63. The summed E-state index contributed by atoms with van der Waals surface area (Å²) < 4.78 is 10.3. The van der Waals surface area contributed by atoms with Crippen LogP contribution in [0.15, 0.2) is 10.8 Å². The molecule has 3 heteroatoms. The fourth-order valence-electron chi connectivity index (χ4n) is 1.03. The highest BCUT2D eigenvalue weighted by Crippen LogP contribution is 2.19. The van der Waals surface area contributed by atoms with E-state index < -0.39 is 0 Å². The molecule has 3 nitrogen and oxygen atoms in total. The zero-order valence-corrected chi connectivity index (χ0v) is 7.83. The smallest absolute Gasteiger partial charge is 0.308 e. The summed E-state index contributed by atoms with van der Waals surface area (Å²) in [5.74, 6) is 1.15. The van der Waals surface area contributed by atoms with E-state index in [0.29, 0.717) is 18.5 Å². The summed E-state index contributed by atoms with van der Waals surface area (Å²) in [6.45, 7) is 6.84. The molecule has 0 unspecified atom stereocenters. The van der Waals surface area contributed by atoms with Crippen LogP contribution in [-0.2, 0) is 6.42 Å². The van der Waals surface area contributed by atoms with Crippen LogP contribution in [0.3, 0.4) is 0 Å². The Morgan fingerprint density at radius 3 is 2.92 bits per heavy atom. The SMILES string of the molecule is CCOc1ocnc1CC(C)C. The van der Waals surface area contributed by atoms with Gasteiger partial charge in [0.2, 0.25) is 0 Å². The number of hydrogen-bond acceptors (Lipinski definition) is 3. The lowest BCUT2D eigenvalue weighted by molar-refractivity contribution is 0.253. The van der Waals surface area contributed by atoms with E-state index in [2.05, 4.69) is 18.8 Å². The second kappa shape index (κ2) is 4.14. The average Bonchev–Trinajstić information content (AvgIpc) is 2.37. The minimum absolute atomic E-state index is 0.575. The molecule has 0 aliphatic heterocycles. The van der Waals surface area contributed by atoms with Gasteiger partial charge in [-0.1, -0.05) is 13.8 Å². The molecule has 1 aromatic rings. The molecule has 1 rings (SSSR count). The summed E-state index contributed by atoms with van der Waals surface area (Å²) in [6, 6.07) is 0. The summed E-state index contributed by atoms with van der Waals surface area (Å²) >= 11 is 0. The van der Waals surface area contributed by atoms with Crippen LogP contribution in [0, 0.1) is 5.92 Å². The van der Waals surface area contributed by atoms with Crippen LogP contribution in [0.4, 0.5) is 0 Å². The number of hydrogen-bond donors (Lipinski definition) is 0. The van der Waals surface area contributed by atoms with Crippen LogP contribution in [0.2, 0.25) is 0 Å². The van der Waals surface area contributed by atoms with Gasteiger partial charge in [0.25, 0.3) is 0 Å². The summed E-state index contributed by atoms with van der Waals surface area (Å²) in [7, 11) is 0. The van der Waals surface area contributed by atoms with Gasteiger partial charge in [-0.3, -0.25) is 0 Å². The molecule has 1 aromatic heterocycles. The second-order valence-corrected chi connectivity index (χ2v) is 3.12. The van der Waals surface area contributed by atoms with Gasteiger partial charge in [0, 0.05) is 0 Å². The van der Waals surface area contributed by atoms with Crippen molar-refractivity contribution in [3.8, 4) is 5.95 Å². The minimum atomic E-state index is 0.575. The molecule has 0 bridgehead atoms. The van der Waals surface area contributed by atoms with Crippen molar-refractivity contribution in [3.63, 3.8) is 0 Å². The van der Waals surface area contributed by atoms with E-state index in [-0.39, 0.29) is 0 Å². The molecule has 0 N–H and O–H groups in total. The fourth-order valence-corrected chi connectivity index (χ4v) is 1.03. The van der Waals surface area contributed by atoms with Crippen LogP contribution in [-0.4, -0.2) is 11.6 Å². The van der Waals surface area contributed by atoms with E-state index in [1.807, 2.05) is 6.92 Å². The van der Waals surface area contributed by atoms with Crippen molar-refractivity contribution in [2.24, 2.45) is 5.92 Å². The van der Waals surface area contributed by atoms with Gasteiger partial charge in [0.1, 0.15) is 5.69 Å². The molecular weight excluding hydrogens is 154 g/mol. The van der Waals surface area contributed by atoms with E-state index in [9.17, 15) is 0 Å². The zero-order valence-electron chi connectivity index (χ0n) is 7.83.